The zero-order valence-corrected chi connectivity index (χ0v) is 40.9. The van der Waals surface area contributed by atoms with Crippen LogP contribution in [0.2, 0.25) is 0 Å². The normalized spacial score (nSPS) is 19.3. The van der Waals surface area contributed by atoms with E-state index in [-0.39, 0.29) is 58.3 Å². The maximum atomic E-state index is 12.8. The van der Waals surface area contributed by atoms with Gasteiger partial charge in [-0.2, -0.15) is 0 Å². The van der Waals surface area contributed by atoms with Crippen molar-refractivity contribution in [2.75, 3.05) is 89.0 Å². The van der Waals surface area contributed by atoms with Gasteiger partial charge in [-0.1, -0.05) is 24.3 Å². The van der Waals surface area contributed by atoms with Gasteiger partial charge in [-0.25, -0.2) is 9.59 Å². The van der Waals surface area contributed by atoms with Gasteiger partial charge in [0.05, 0.1) is 128 Å². The summed E-state index contributed by atoms with van der Waals surface area (Å²) in [6.45, 7) is 1.55. The first-order chi connectivity index (χ1) is 33.3. The Kier molecular flexibility index (Phi) is 18.0. The number of ether oxygens (including phenoxy) is 7. The Morgan fingerprint density at radius 1 is 0.594 bits per heavy atom. The first-order valence-corrected chi connectivity index (χ1v) is 23.2. The van der Waals surface area contributed by atoms with Crippen molar-refractivity contribution in [3.63, 3.8) is 0 Å². The van der Waals surface area contributed by atoms with Gasteiger partial charge in [0.2, 0.25) is 0 Å². The number of fused-ring (bicyclic) bond motifs is 2. The fourth-order valence-electron chi connectivity index (χ4n) is 10.4. The fourth-order valence-corrected chi connectivity index (χ4v) is 10.4. The van der Waals surface area contributed by atoms with E-state index in [4.69, 9.17) is 33.2 Å². The first-order valence-electron chi connectivity index (χ1n) is 23.2. The second kappa shape index (κ2) is 23.6. The number of aliphatic hydroxyl groups excluding tert-OH is 5. The zero-order chi connectivity index (χ0) is 49.9. The van der Waals surface area contributed by atoms with Gasteiger partial charge in [0.1, 0.15) is 17.8 Å². The topological polar surface area (TPSA) is 200 Å². The standard InChI is InChI=1S/C53H68N2O14/c1-54(18-15-36-24-40(31-58)43(33-60)53(67-7)50(36)44(54)23-34-10-11-37(29-56)39(22-34)30-57)16-8-20-68-48(61)12-13-49(62)69-21-9-17-55(2)19-14-35-26-45(63-3)46(64-4)28-42(35)51(55)38-25-41(32-59)52(66-6)47(27-38)65-5/h10-11,22,24-28,44,51,56-60H,8-9,14-21,23,29-33H2,1-7H3/q+2. The lowest BCUT2D eigenvalue weighted by Crippen LogP contribution is -2.53. The first kappa shape index (κ1) is 52.5. The van der Waals surface area contributed by atoms with Crippen LogP contribution >= 0.6 is 0 Å². The van der Waals surface area contributed by atoms with E-state index in [1.54, 1.807) is 28.4 Å². The molecule has 0 amide bonds. The minimum Gasteiger partial charge on any atom is -0.496 e. The van der Waals surface area contributed by atoms with Crippen LogP contribution in [0.15, 0.2) is 48.5 Å². The number of hydrogen-bond donors (Lipinski definition) is 5. The number of nitrogens with zero attached hydrogens (tertiary/aromatic N) is 2. The average molecular weight is 957 g/mol. The van der Waals surface area contributed by atoms with E-state index in [9.17, 15) is 35.1 Å². The van der Waals surface area contributed by atoms with Gasteiger partial charge in [-0.15, -0.1) is 0 Å². The second-order valence-corrected chi connectivity index (χ2v) is 18.0. The van der Waals surface area contributed by atoms with Gasteiger partial charge in [0.25, 0.3) is 0 Å². The Balaban J connectivity index is 1.09. The zero-order valence-electron chi connectivity index (χ0n) is 40.9. The molecular formula is C53H68N2O14+2. The van der Waals surface area contributed by atoms with Crippen LogP contribution in [0.4, 0.5) is 0 Å². The summed E-state index contributed by atoms with van der Waals surface area (Å²) in [4.78, 5) is 25.6. The summed E-state index contributed by atoms with van der Waals surface area (Å²) in [6.07, 6.45) is 2.93. The molecule has 0 aromatic heterocycles. The predicted molar refractivity (Wildman–Crippen MR) is 255 cm³/mol. The Morgan fingerprint density at radius 3 is 1.75 bits per heavy atom. The Labute approximate surface area is 404 Å². The fraction of sp³-hybridized carbons (Fsp3) is 0.472. The average Bonchev–Trinajstić information content (AvgIpc) is 3.37. The third-order valence-electron chi connectivity index (χ3n) is 14.0. The number of likely N-dealkylation sites (N-methyl/N-ethyl adjacent to an activating group) is 2. The maximum absolute atomic E-state index is 12.8. The second-order valence-electron chi connectivity index (χ2n) is 18.0. The number of methoxy groups -OCH3 is 5. The largest absolute Gasteiger partial charge is 0.496 e. The Morgan fingerprint density at radius 2 is 1.17 bits per heavy atom. The summed E-state index contributed by atoms with van der Waals surface area (Å²) in [5, 5.41) is 50.8. The SMILES string of the molecule is COc1cc2c(cc1OC)C(c1cc(CO)c(OC)c(OC)c1)[N+](C)(CCCOC(=O)C#CC(=O)OCCC[N+]1(C)CCc3cc(CO)c(CO)c(OC)c3C1Cc1ccc(CO)c(CO)c1)CC2. The third kappa shape index (κ3) is 11.4. The molecule has 0 radical (unpaired) electrons. The number of rotatable bonds is 21. The molecule has 4 unspecified atom stereocenters. The maximum Gasteiger partial charge on any atom is 0.384 e. The number of hydrogen-bond acceptors (Lipinski definition) is 14. The Bertz CT molecular complexity index is 2510. The molecule has 2 aliphatic rings. The molecule has 372 valence electrons. The number of esters is 2. The summed E-state index contributed by atoms with van der Waals surface area (Å²) in [5.74, 6) is 5.57. The van der Waals surface area contributed by atoms with E-state index in [1.165, 1.54) is 7.11 Å². The van der Waals surface area contributed by atoms with Crippen LogP contribution in [0, 0.1) is 11.8 Å². The molecule has 16 nitrogen and oxygen atoms in total. The summed E-state index contributed by atoms with van der Waals surface area (Å²) in [5.41, 5.74) is 8.94. The lowest BCUT2D eigenvalue weighted by Gasteiger charge is -2.46. The highest BCUT2D eigenvalue weighted by Crippen LogP contribution is 2.48. The van der Waals surface area contributed by atoms with Crippen molar-refractivity contribution in [3.8, 4) is 40.6 Å². The van der Waals surface area contributed by atoms with Crippen molar-refractivity contribution in [3.05, 3.63) is 110 Å². The molecule has 0 bridgehead atoms. The van der Waals surface area contributed by atoms with Gasteiger partial charge in [-0.05, 0) is 57.6 Å². The van der Waals surface area contributed by atoms with Crippen LogP contribution < -0.4 is 23.7 Å². The molecule has 16 heteroatoms. The molecule has 0 fully saturated rings. The van der Waals surface area contributed by atoms with Crippen molar-refractivity contribution in [2.45, 2.75) is 77.2 Å². The number of benzene rings is 4. The quantitative estimate of drug-likeness (QED) is 0.0263. The molecule has 6 rings (SSSR count). The summed E-state index contributed by atoms with van der Waals surface area (Å²) < 4.78 is 40.6. The van der Waals surface area contributed by atoms with Crippen molar-refractivity contribution in [2.24, 2.45) is 0 Å². The van der Waals surface area contributed by atoms with Crippen LogP contribution in [-0.2, 0) is 71.4 Å². The van der Waals surface area contributed by atoms with Crippen molar-refractivity contribution in [1.82, 2.24) is 0 Å². The molecule has 4 aromatic rings. The molecular weight excluding hydrogens is 889 g/mol. The van der Waals surface area contributed by atoms with Crippen LogP contribution in [0.3, 0.4) is 0 Å². The molecule has 2 aliphatic heterocycles. The van der Waals surface area contributed by atoms with Gasteiger partial charge in [0.15, 0.2) is 23.0 Å². The summed E-state index contributed by atoms with van der Waals surface area (Å²) in [7, 11) is 12.1. The van der Waals surface area contributed by atoms with Crippen molar-refractivity contribution in [1.29, 1.82) is 0 Å². The van der Waals surface area contributed by atoms with Crippen LogP contribution in [-0.4, -0.2) is 135 Å². The smallest absolute Gasteiger partial charge is 0.384 e. The number of carbonyl (C=O) groups excluding carboxylic acids is 2. The van der Waals surface area contributed by atoms with Gasteiger partial charge in [0, 0.05) is 66.2 Å². The van der Waals surface area contributed by atoms with Crippen molar-refractivity contribution < 1.29 is 77.2 Å². The predicted octanol–water partition coefficient (Wildman–Crippen LogP) is 4.14. The van der Waals surface area contributed by atoms with Crippen LogP contribution in [0.1, 0.15) is 86.1 Å². The molecule has 0 spiro atoms. The minimum absolute atomic E-state index is 0.0532. The monoisotopic (exact) mass is 956 g/mol. The number of aliphatic hydroxyl groups is 5. The van der Waals surface area contributed by atoms with E-state index >= 15 is 0 Å². The lowest BCUT2D eigenvalue weighted by molar-refractivity contribution is -0.941. The van der Waals surface area contributed by atoms with Gasteiger partial charge < -0.3 is 67.7 Å². The highest BCUT2D eigenvalue weighted by molar-refractivity contribution is 5.98. The molecule has 0 aliphatic carbocycles. The highest BCUT2D eigenvalue weighted by atomic mass is 16.5. The van der Waals surface area contributed by atoms with Crippen molar-refractivity contribution >= 4 is 11.9 Å². The van der Waals surface area contributed by atoms with Gasteiger partial charge >= 0.3 is 11.9 Å². The van der Waals surface area contributed by atoms with E-state index in [2.05, 4.69) is 25.9 Å². The van der Waals surface area contributed by atoms with Gasteiger partial charge in [-0.3, -0.25) is 0 Å². The molecule has 0 saturated carbocycles. The lowest BCUT2D eigenvalue weighted by atomic mass is 9.82. The van der Waals surface area contributed by atoms with E-state index in [0.717, 1.165) is 52.9 Å². The molecule has 69 heavy (non-hydrogen) atoms. The van der Waals surface area contributed by atoms with E-state index in [1.807, 2.05) is 48.5 Å². The van der Waals surface area contributed by atoms with Crippen LogP contribution in [0.5, 0.6) is 28.7 Å². The number of carbonyl (C=O) groups is 2. The third-order valence-corrected chi connectivity index (χ3v) is 14.0. The number of quaternary nitrogens is 2. The molecule has 4 aromatic carbocycles. The Hall–Kier alpha value is -5.90. The molecule has 0 saturated heterocycles. The van der Waals surface area contributed by atoms with E-state index < -0.39 is 11.9 Å². The van der Waals surface area contributed by atoms with Crippen LogP contribution in [0.25, 0.3) is 0 Å². The minimum atomic E-state index is -0.849. The van der Waals surface area contributed by atoms with E-state index in [0.29, 0.717) is 104 Å². The molecule has 5 N–H and O–H groups in total. The molecule has 2 heterocycles. The molecule has 4 atom stereocenters. The summed E-state index contributed by atoms with van der Waals surface area (Å²) >= 11 is 0. The summed E-state index contributed by atoms with van der Waals surface area (Å²) in [6, 6.07) is 15.1. The highest BCUT2D eigenvalue weighted by Gasteiger charge is 2.43.